The summed E-state index contributed by atoms with van der Waals surface area (Å²) in [6, 6.07) is 6.09. The van der Waals surface area contributed by atoms with Crippen molar-refractivity contribution < 1.29 is 17.6 Å². The molecule has 43 heavy (non-hydrogen) atoms. The molecule has 3 unspecified atom stereocenters. The molecular weight excluding hydrogens is 586 g/mol. The molecule has 0 bridgehead atoms. The van der Waals surface area contributed by atoms with E-state index < -0.39 is 23.8 Å². The van der Waals surface area contributed by atoms with E-state index in [2.05, 4.69) is 20.2 Å². The largest absolute Gasteiger partial charge is 0.333 e. The van der Waals surface area contributed by atoms with Gasteiger partial charge in [-0.05, 0) is 74.8 Å². The third kappa shape index (κ3) is 5.58. The van der Waals surface area contributed by atoms with Gasteiger partial charge in [0.2, 0.25) is 0 Å². The fourth-order valence-electron chi connectivity index (χ4n) is 5.43. The van der Waals surface area contributed by atoms with Crippen LogP contribution in [-0.4, -0.2) is 34.8 Å². The number of aryl methyl sites for hydroxylation is 3. The summed E-state index contributed by atoms with van der Waals surface area (Å²) < 4.78 is 60.8. The van der Waals surface area contributed by atoms with Gasteiger partial charge in [-0.15, -0.1) is 0 Å². The average Bonchev–Trinajstić information content (AvgIpc) is 3.24. The van der Waals surface area contributed by atoms with Gasteiger partial charge in [0.1, 0.15) is 28.1 Å². The van der Waals surface area contributed by atoms with Gasteiger partial charge >= 0.3 is 6.55 Å². The van der Waals surface area contributed by atoms with Crippen LogP contribution in [0.4, 0.5) is 17.6 Å². The topological polar surface area (TPSA) is 82.9 Å². The van der Waals surface area contributed by atoms with E-state index in [1.807, 2.05) is 6.92 Å². The maximum absolute atomic E-state index is 16.0. The van der Waals surface area contributed by atoms with E-state index in [0.29, 0.717) is 33.2 Å². The lowest BCUT2D eigenvalue weighted by molar-refractivity contribution is 0.0565. The van der Waals surface area contributed by atoms with Gasteiger partial charge in [-0.25, -0.2) is 23.1 Å². The van der Waals surface area contributed by atoms with Crippen LogP contribution < -0.4 is 5.56 Å². The minimum Gasteiger partial charge on any atom is -0.284 e. The third-order valence-electron chi connectivity index (χ3n) is 7.51. The number of aliphatic imine (C=N–C) groups is 1. The van der Waals surface area contributed by atoms with Crippen molar-refractivity contribution in [3.63, 3.8) is 0 Å². The van der Waals surface area contributed by atoms with Gasteiger partial charge in [0, 0.05) is 23.7 Å². The first-order valence-corrected chi connectivity index (χ1v) is 13.8. The zero-order chi connectivity index (χ0) is 31.2. The summed E-state index contributed by atoms with van der Waals surface area (Å²) in [4.78, 5) is 21.7. The highest BCUT2D eigenvalue weighted by molar-refractivity contribution is 6.31. The minimum absolute atomic E-state index is 0.0157. The average molecular weight is 614 g/mol. The highest BCUT2D eigenvalue weighted by Gasteiger charge is 2.50. The van der Waals surface area contributed by atoms with Crippen LogP contribution in [0.3, 0.4) is 0 Å². The van der Waals surface area contributed by atoms with E-state index in [4.69, 9.17) is 11.6 Å². The highest BCUT2D eigenvalue weighted by Crippen LogP contribution is 2.61. The second-order valence-electron chi connectivity index (χ2n) is 10.4. The quantitative estimate of drug-likeness (QED) is 0.158. The number of rotatable bonds is 8. The van der Waals surface area contributed by atoms with E-state index in [9.17, 15) is 13.6 Å². The van der Waals surface area contributed by atoms with Gasteiger partial charge in [-0.3, -0.25) is 14.4 Å². The van der Waals surface area contributed by atoms with Crippen molar-refractivity contribution in [2.45, 2.75) is 53.0 Å². The van der Waals surface area contributed by atoms with Crippen LogP contribution in [-0.2, 0) is 0 Å². The molecule has 1 aromatic carbocycles. The second kappa shape index (κ2) is 11.8. The Kier molecular flexibility index (Phi) is 8.24. The molecule has 1 aliphatic carbocycles. The molecular formula is C30H28ClF4N7O. The molecule has 13 heteroatoms. The fraction of sp³-hybridized carbons (Fsp3) is 0.300. The predicted octanol–water partition coefficient (Wildman–Crippen LogP) is 7.05. The molecule has 0 aliphatic heterocycles. The van der Waals surface area contributed by atoms with Crippen molar-refractivity contribution >= 4 is 23.5 Å². The van der Waals surface area contributed by atoms with Gasteiger partial charge in [0.25, 0.3) is 5.56 Å². The maximum atomic E-state index is 16.0. The molecule has 0 spiro atoms. The third-order valence-corrected chi connectivity index (χ3v) is 7.89. The molecule has 1 aliphatic rings. The molecule has 8 nitrogen and oxygen atoms in total. The molecule has 1 saturated carbocycles. The van der Waals surface area contributed by atoms with E-state index in [1.54, 1.807) is 45.9 Å². The van der Waals surface area contributed by atoms with Crippen LogP contribution in [0.1, 0.15) is 66.3 Å². The summed E-state index contributed by atoms with van der Waals surface area (Å²) in [5.74, 6) is -1.20. The molecule has 0 amide bonds. The molecule has 3 aromatic heterocycles. The van der Waals surface area contributed by atoms with E-state index in [0.717, 1.165) is 10.8 Å². The Morgan fingerprint density at radius 2 is 1.93 bits per heavy atom. The first kappa shape index (κ1) is 30.1. The number of pyridine rings is 1. The molecule has 5 rings (SSSR count). The summed E-state index contributed by atoms with van der Waals surface area (Å²) in [5, 5.41) is 7.81. The standard InChI is InChI=1S/C30H28ClF4N7O/c1-6-10-36-28(20-8-7-9-23(27(20)33)42-18(5)38-17(4)39-42)22(32)14-40-15(2)11-21(26(31)29(40)43)25-16(3)24(25)19-12-37-41(13-19)30(34)35/h6-14,16,24-25,30H,1-5H3/b10-6+,22-14-,36-28+. The second-order valence-corrected chi connectivity index (χ2v) is 10.7. The van der Waals surface area contributed by atoms with Gasteiger partial charge in [-0.2, -0.15) is 19.0 Å². The van der Waals surface area contributed by atoms with Crippen LogP contribution in [0, 0.1) is 32.5 Å². The van der Waals surface area contributed by atoms with E-state index in [1.165, 1.54) is 35.4 Å². The molecule has 3 atom stereocenters. The fourth-order valence-corrected chi connectivity index (χ4v) is 5.70. The SMILES string of the molecule is C/C=C/N=C(/C(F)=C/n1c(C)cc(C2C(C)C2c2cnn(C(F)F)c2)c(Cl)c1=O)c1cccc(-n2nc(C)nc2C)c1F. The van der Waals surface area contributed by atoms with Gasteiger partial charge in [0.15, 0.2) is 11.6 Å². The predicted molar refractivity (Wildman–Crippen MR) is 156 cm³/mol. The Morgan fingerprint density at radius 1 is 1.19 bits per heavy atom. The summed E-state index contributed by atoms with van der Waals surface area (Å²) in [7, 11) is 0. The van der Waals surface area contributed by atoms with Crippen molar-refractivity contribution in [2.24, 2.45) is 10.9 Å². The zero-order valence-electron chi connectivity index (χ0n) is 23.9. The summed E-state index contributed by atoms with van der Waals surface area (Å²) in [5.41, 5.74) is 0.415. The Hall–Kier alpha value is -4.32. The van der Waals surface area contributed by atoms with Crippen LogP contribution in [0.25, 0.3) is 11.9 Å². The number of allylic oxidation sites excluding steroid dienone is 2. The number of halogens is 5. The number of nitrogens with zero attached hydrogens (tertiary/aromatic N) is 7. The Balaban J connectivity index is 1.53. The van der Waals surface area contributed by atoms with Crippen molar-refractivity contribution in [3.05, 3.63) is 110 Å². The highest BCUT2D eigenvalue weighted by atomic mass is 35.5. The Morgan fingerprint density at radius 3 is 2.56 bits per heavy atom. The maximum Gasteiger partial charge on any atom is 0.333 e. The molecule has 224 valence electrons. The smallest absolute Gasteiger partial charge is 0.284 e. The monoisotopic (exact) mass is 613 g/mol. The van der Waals surface area contributed by atoms with Crippen LogP contribution in [0.15, 0.2) is 64.5 Å². The number of hydrogen-bond acceptors (Lipinski definition) is 5. The lowest BCUT2D eigenvalue weighted by Crippen LogP contribution is -2.21. The van der Waals surface area contributed by atoms with Crippen molar-refractivity contribution in [2.75, 3.05) is 0 Å². The molecule has 1 fully saturated rings. The lowest BCUT2D eigenvalue weighted by Gasteiger charge is -2.13. The van der Waals surface area contributed by atoms with Crippen molar-refractivity contribution in [1.82, 2.24) is 29.1 Å². The molecule has 0 saturated heterocycles. The summed E-state index contributed by atoms with van der Waals surface area (Å²) in [6.07, 6.45) is 6.47. The van der Waals surface area contributed by atoms with Crippen LogP contribution >= 0.6 is 11.6 Å². The van der Waals surface area contributed by atoms with Gasteiger partial charge < -0.3 is 0 Å². The number of alkyl halides is 2. The summed E-state index contributed by atoms with van der Waals surface area (Å²) in [6.45, 7) is 5.81. The normalized spacial score (nSPS) is 19.2. The number of hydrogen-bond donors (Lipinski definition) is 0. The van der Waals surface area contributed by atoms with Gasteiger partial charge in [0.05, 0.1) is 12.4 Å². The first-order chi connectivity index (χ1) is 20.4. The van der Waals surface area contributed by atoms with E-state index in [-0.39, 0.29) is 39.7 Å². The molecule has 0 N–H and O–H groups in total. The molecule has 4 aromatic rings. The molecule has 0 radical (unpaired) electrons. The first-order valence-electron chi connectivity index (χ1n) is 13.4. The van der Waals surface area contributed by atoms with Crippen molar-refractivity contribution in [1.29, 1.82) is 0 Å². The minimum atomic E-state index is -2.76. The van der Waals surface area contributed by atoms with Crippen LogP contribution in [0.2, 0.25) is 5.02 Å². The van der Waals surface area contributed by atoms with Crippen LogP contribution in [0.5, 0.6) is 0 Å². The summed E-state index contributed by atoms with van der Waals surface area (Å²) >= 11 is 6.53. The van der Waals surface area contributed by atoms with E-state index >= 15 is 8.78 Å². The Labute approximate surface area is 249 Å². The van der Waals surface area contributed by atoms with Crippen molar-refractivity contribution in [3.8, 4) is 5.69 Å². The molecule has 3 heterocycles. The number of benzene rings is 1. The Bertz CT molecular complexity index is 1850. The lowest BCUT2D eigenvalue weighted by atomic mass is 10.1. The zero-order valence-corrected chi connectivity index (χ0v) is 24.7. The number of aromatic nitrogens is 6. The van der Waals surface area contributed by atoms with Gasteiger partial charge in [-0.1, -0.05) is 30.7 Å².